The molecule has 0 amide bonds. The van der Waals surface area contributed by atoms with Crippen molar-refractivity contribution in [2.24, 2.45) is 0 Å². The highest BCUT2D eigenvalue weighted by Gasteiger charge is 2.18. The first-order chi connectivity index (χ1) is 30.2. The fourth-order valence-electron chi connectivity index (χ4n) is 7.19. The summed E-state index contributed by atoms with van der Waals surface area (Å²) in [4.78, 5) is 23.3. The number of nitrogen functional groups attached to an aromatic ring is 1. The van der Waals surface area contributed by atoms with Crippen molar-refractivity contribution in [3.05, 3.63) is 208 Å². The highest BCUT2D eigenvalue weighted by atomic mass is 79.9. The molecule has 10 heteroatoms. The number of rotatable bonds is 6. The lowest BCUT2D eigenvalue weighted by Gasteiger charge is -2.12. The smallest absolute Gasteiger partial charge is 0.252 e. The zero-order valence-corrected chi connectivity index (χ0v) is 39.9. The zero-order chi connectivity index (χ0) is 43.6. The molecule has 2 N–H and O–H groups in total. The van der Waals surface area contributed by atoms with Gasteiger partial charge >= 0.3 is 0 Å². The van der Waals surface area contributed by atoms with Gasteiger partial charge in [0.2, 0.25) is 0 Å². The predicted octanol–water partition coefficient (Wildman–Crippen LogP) is 17.5. The van der Waals surface area contributed by atoms with E-state index in [1.165, 1.54) is 51.5 Å². The minimum atomic E-state index is -0.407. The number of benzene rings is 8. The molecule has 0 radical (unpaired) electrons. The number of alkyl halides is 2. The molecule has 0 bridgehead atoms. The van der Waals surface area contributed by atoms with E-state index in [1.807, 2.05) is 78.1 Å². The van der Waals surface area contributed by atoms with Crippen molar-refractivity contribution in [3.63, 3.8) is 0 Å². The van der Waals surface area contributed by atoms with Gasteiger partial charge in [-0.15, -0.1) is 45.9 Å². The first kappa shape index (κ1) is 45.2. The van der Waals surface area contributed by atoms with Gasteiger partial charge < -0.3 is 5.73 Å². The largest absolute Gasteiger partial charge is 0.398 e. The maximum absolute atomic E-state index is 12.9. The molecule has 2 aromatic heterocycles. The van der Waals surface area contributed by atoms with E-state index in [9.17, 15) is 9.59 Å². The molecule has 10 rings (SSSR count). The van der Waals surface area contributed by atoms with Crippen molar-refractivity contribution < 1.29 is 9.59 Å². The van der Waals surface area contributed by atoms with Crippen LogP contribution in [0.2, 0.25) is 0 Å². The monoisotopic (exact) mass is 1030 g/mol. The van der Waals surface area contributed by atoms with Crippen LogP contribution in [0.25, 0.3) is 62.6 Å². The molecular formula is C52H36Br2Cl3NO2S2. The van der Waals surface area contributed by atoms with Crippen molar-refractivity contribution in [1.82, 2.24) is 0 Å². The number of carbonyl (C=O) groups excluding carboxylic acids is 2. The lowest BCUT2D eigenvalue weighted by Crippen LogP contribution is -2.04. The van der Waals surface area contributed by atoms with Crippen LogP contribution in [0, 0.1) is 0 Å². The molecule has 0 spiro atoms. The van der Waals surface area contributed by atoms with Gasteiger partial charge in [-0.05, 0) is 96.0 Å². The molecule has 0 saturated carbocycles. The van der Waals surface area contributed by atoms with E-state index in [2.05, 4.69) is 123 Å². The Morgan fingerprint density at radius 2 is 0.903 bits per heavy atom. The van der Waals surface area contributed by atoms with Crippen molar-refractivity contribution >= 4 is 146 Å². The fourth-order valence-corrected chi connectivity index (χ4v) is 10.7. The summed E-state index contributed by atoms with van der Waals surface area (Å²) in [7, 11) is 0. The van der Waals surface area contributed by atoms with Gasteiger partial charge in [0.05, 0.1) is 14.7 Å². The highest BCUT2D eigenvalue weighted by molar-refractivity contribution is 9.11. The summed E-state index contributed by atoms with van der Waals surface area (Å²) in [6, 6.07) is 60.2. The molecule has 0 atom stereocenters. The predicted molar refractivity (Wildman–Crippen MR) is 277 cm³/mol. The van der Waals surface area contributed by atoms with Crippen LogP contribution in [-0.2, 0) is 6.42 Å². The summed E-state index contributed by atoms with van der Waals surface area (Å²) in [6.45, 7) is 0. The zero-order valence-electron chi connectivity index (χ0n) is 32.8. The second-order valence-electron chi connectivity index (χ2n) is 13.7. The molecule has 10 aromatic rings. The number of carbonyl (C=O) groups is 2. The van der Waals surface area contributed by atoms with Gasteiger partial charge in [0.25, 0.3) is 5.24 Å². The van der Waals surface area contributed by atoms with Gasteiger partial charge in [-0.1, -0.05) is 152 Å². The van der Waals surface area contributed by atoms with Gasteiger partial charge in [0.15, 0.2) is 5.78 Å². The Morgan fingerprint density at radius 1 is 0.484 bits per heavy atom. The van der Waals surface area contributed by atoms with Crippen LogP contribution < -0.4 is 5.73 Å². The molecule has 308 valence electrons. The van der Waals surface area contributed by atoms with Gasteiger partial charge in [0.1, 0.15) is 0 Å². The van der Waals surface area contributed by atoms with Gasteiger partial charge in [0, 0.05) is 68.7 Å². The molecule has 0 saturated heterocycles. The van der Waals surface area contributed by atoms with Crippen molar-refractivity contribution in [3.8, 4) is 22.3 Å². The second kappa shape index (κ2) is 21.5. The standard InChI is InChI=1S/C26H17BrOS.C18H12BrNS.C7H5ClO.CH2Cl2/c27-22-15-14-20(25-21-12-6-7-13-24(21)29-26(22)25)19-11-5-4-10-18(19)16-23(28)17-8-2-1-3-9-17;19-14-10-9-12(11-5-1-3-7-15(11)20)17-13-6-2-4-8-16(13)21-18(14)17;8-7(9)6-4-2-1-3-5-6;2-1-3/h1-15H,16H2;1-10H,20H2;1-5H;1H2. The normalized spacial score (nSPS) is 10.7. The minimum absolute atomic E-state index is 0.140. The molecule has 62 heavy (non-hydrogen) atoms. The van der Waals surface area contributed by atoms with Crippen LogP contribution in [0.15, 0.2) is 191 Å². The lowest BCUT2D eigenvalue weighted by molar-refractivity contribution is 0.0992. The van der Waals surface area contributed by atoms with E-state index in [-0.39, 0.29) is 11.1 Å². The molecule has 0 aliphatic heterocycles. The van der Waals surface area contributed by atoms with Gasteiger partial charge in [-0.2, -0.15) is 0 Å². The van der Waals surface area contributed by atoms with Gasteiger partial charge in [-0.3, -0.25) is 9.59 Å². The molecule has 2 heterocycles. The van der Waals surface area contributed by atoms with E-state index in [4.69, 9.17) is 40.5 Å². The second-order valence-corrected chi connectivity index (χ2v) is 18.7. The number of fused-ring (bicyclic) bond motifs is 6. The number of Topliss-reactive ketones (excluding diaryl/α,β-unsaturated/α-hetero) is 1. The SMILES string of the molecule is ClCCl.Nc1ccccc1-c1ccc(Br)c2sc3ccccc3c12.O=C(Cc1ccccc1-c1ccc(Br)c2sc3ccccc3c12)c1ccccc1.O=C(Cl)c1ccccc1. The van der Waals surface area contributed by atoms with Crippen LogP contribution in [-0.4, -0.2) is 16.4 Å². The highest BCUT2D eigenvalue weighted by Crippen LogP contribution is 2.45. The summed E-state index contributed by atoms with van der Waals surface area (Å²) in [6.07, 6.45) is 0.389. The summed E-state index contributed by atoms with van der Waals surface area (Å²) >= 11 is 25.7. The minimum Gasteiger partial charge on any atom is -0.398 e. The van der Waals surface area contributed by atoms with Crippen molar-refractivity contribution in [1.29, 1.82) is 0 Å². The summed E-state index contributed by atoms with van der Waals surface area (Å²) < 4.78 is 7.33. The third-order valence-corrected chi connectivity index (χ3v) is 14.4. The van der Waals surface area contributed by atoms with E-state index in [0.29, 0.717) is 12.0 Å². The molecule has 0 fully saturated rings. The van der Waals surface area contributed by atoms with Crippen molar-refractivity contribution in [2.45, 2.75) is 6.42 Å². The third kappa shape index (κ3) is 10.3. The first-order valence-electron chi connectivity index (χ1n) is 19.3. The number of halogens is 5. The lowest BCUT2D eigenvalue weighted by atomic mass is 9.92. The average molecular weight is 1040 g/mol. The van der Waals surface area contributed by atoms with E-state index in [0.717, 1.165) is 36.9 Å². The van der Waals surface area contributed by atoms with Crippen LogP contribution in [0.3, 0.4) is 0 Å². The number of thiophene rings is 2. The molecule has 0 aliphatic rings. The Labute approximate surface area is 400 Å². The number of hydrogen-bond acceptors (Lipinski definition) is 5. The number of hydrogen-bond donors (Lipinski definition) is 1. The van der Waals surface area contributed by atoms with E-state index in [1.54, 1.807) is 35.6 Å². The number of ketones is 1. The Kier molecular flexibility index (Phi) is 15.7. The Bertz CT molecular complexity index is 3150. The van der Waals surface area contributed by atoms with Gasteiger partial charge in [-0.25, -0.2) is 0 Å². The first-order valence-corrected chi connectivity index (χ1v) is 23.9. The maximum atomic E-state index is 12.9. The van der Waals surface area contributed by atoms with E-state index >= 15 is 0 Å². The van der Waals surface area contributed by atoms with Crippen LogP contribution in [0.5, 0.6) is 0 Å². The molecular weight excluding hydrogens is 1000 g/mol. The Morgan fingerprint density at radius 3 is 1.40 bits per heavy atom. The topological polar surface area (TPSA) is 60.2 Å². The van der Waals surface area contributed by atoms with Crippen LogP contribution >= 0.6 is 89.3 Å². The summed E-state index contributed by atoms with van der Waals surface area (Å²) in [5.41, 5.74) is 13.9. The molecule has 0 aliphatic carbocycles. The van der Waals surface area contributed by atoms with Crippen molar-refractivity contribution in [2.75, 3.05) is 11.1 Å². The van der Waals surface area contributed by atoms with Crippen LogP contribution in [0.4, 0.5) is 5.69 Å². The Balaban J connectivity index is 0.000000152. The maximum Gasteiger partial charge on any atom is 0.252 e. The molecule has 0 unspecified atom stereocenters. The molecule has 3 nitrogen and oxygen atoms in total. The average Bonchev–Trinajstić information content (AvgIpc) is 3.90. The Hall–Kier alpha value is -4.83. The summed E-state index contributed by atoms with van der Waals surface area (Å²) in [5.74, 6) is 0.140. The van der Waals surface area contributed by atoms with Crippen LogP contribution in [0.1, 0.15) is 26.3 Å². The number of para-hydroxylation sites is 1. The summed E-state index contributed by atoms with van der Waals surface area (Å²) in [5, 5.41) is 4.86. The van der Waals surface area contributed by atoms with E-state index < -0.39 is 5.24 Å². The number of nitrogens with two attached hydrogens (primary N) is 1. The number of anilines is 1. The molecule has 8 aromatic carbocycles. The fraction of sp³-hybridized carbons (Fsp3) is 0.0385. The third-order valence-electron chi connectivity index (χ3n) is 9.96. The quantitative estimate of drug-likeness (QED) is 0.0781.